The molecule has 0 aromatic heterocycles. The minimum Gasteiger partial charge on any atom is -0.481 e. The third-order valence-electron chi connectivity index (χ3n) is 8.68. The predicted octanol–water partition coefficient (Wildman–Crippen LogP) is 6.67. The van der Waals surface area contributed by atoms with Gasteiger partial charge < -0.3 is 28.5 Å². The monoisotopic (exact) mass is 540 g/mol. The SMILES string of the molecule is CC(C)(C)[Si](C)(C)OC[C@@H]1[C@@H](C/C=C\CCCC(=O)O)[C@@H](OC2CCCCO2)C[C@H]1OC1CCCCO1. The number of carboxylic acid groups (broad SMARTS) is 1. The molecule has 6 atom stereocenters. The molecule has 0 amide bonds. The first-order valence-corrected chi connectivity index (χ1v) is 17.5. The van der Waals surface area contributed by atoms with Gasteiger partial charge in [0, 0.05) is 38.6 Å². The van der Waals surface area contributed by atoms with Crippen LogP contribution >= 0.6 is 0 Å². The molecule has 8 heteroatoms. The summed E-state index contributed by atoms with van der Waals surface area (Å²) in [5.74, 6) is -0.283. The Balaban J connectivity index is 1.74. The van der Waals surface area contributed by atoms with Gasteiger partial charge in [-0.05, 0) is 81.8 Å². The molecule has 0 radical (unpaired) electrons. The van der Waals surface area contributed by atoms with Gasteiger partial charge in [-0.1, -0.05) is 32.9 Å². The van der Waals surface area contributed by atoms with Gasteiger partial charge in [0.25, 0.3) is 0 Å². The quantitative estimate of drug-likeness (QED) is 0.159. The molecule has 37 heavy (non-hydrogen) atoms. The number of carbonyl (C=O) groups is 1. The molecule has 3 fully saturated rings. The third-order valence-corrected chi connectivity index (χ3v) is 13.2. The maximum atomic E-state index is 10.9. The van der Waals surface area contributed by atoms with E-state index >= 15 is 0 Å². The molecule has 0 aromatic rings. The van der Waals surface area contributed by atoms with Gasteiger partial charge in [-0.25, -0.2) is 0 Å². The number of hydrogen-bond acceptors (Lipinski definition) is 6. The van der Waals surface area contributed by atoms with Gasteiger partial charge >= 0.3 is 5.97 Å². The maximum absolute atomic E-state index is 10.9. The van der Waals surface area contributed by atoms with Crippen LogP contribution in [0, 0.1) is 11.8 Å². The summed E-state index contributed by atoms with van der Waals surface area (Å²) >= 11 is 0. The van der Waals surface area contributed by atoms with Crippen LogP contribution < -0.4 is 0 Å². The lowest BCUT2D eigenvalue weighted by Gasteiger charge is -2.39. The lowest BCUT2D eigenvalue weighted by Crippen LogP contribution is -2.44. The van der Waals surface area contributed by atoms with Gasteiger partial charge in [0.15, 0.2) is 20.9 Å². The van der Waals surface area contributed by atoms with Crippen molar-refractivity contribution in [1.29, 1.82) is 0 Å². The second-order valence-electron chi connectivity index (χ2n) is 12.6. The largest absolute Gasteiger partial charge is 0.481 e. The highest BCUT2D eigenvalue weighted by Gasteiger charge is 2.48. The van der Waals surface area contributed by atoms with Crippen molar-refractivity contribution in [3.05, 3.63) is 12.2 Å². The molecular formula is C29H52O7Si. The Morgan fingerprint density at radius 3 is 2.05 bits per heavy atom. The van der Waals surface area contributed by atoms with Gasteiger partial charge in [-0.15, -0.1) is 0 Å². The Kier molecular flexibility index (Phi) is 12.1. The molecule has 214 valence electrons. The molecule has 0 spiro atoms. The van der Waals surface area contributed by atoms with Crippen molar-refractivity contribution in [3.63, 3.8) is 0 Å². The first kappa shape index (κ1) is 30.8. The van der Waals surface area contributed by atoms with Crippen molar-refractivity contribution >= 4 is 14.3 Å². The summed E-state index contributed by atoms with van der Waals surface area (Å²) in [5, 5.41) is 9.06. The number of ether oxygens (including phenoxy) is 4. The lowest BCUT2D eigenvalue weighted by molar-refractivity contribution is -0.204. The Labute approximate surface area is 225 Å². The number of allylic oxidation sites excluding steroid dienone is 2. The molecule has 3 rings (SSSR count). The lowest BCUT2D eigenvalue weighted by atomic mass is 9.90. The first-order chi connectivity index (χ1) is 17.6. The van der Waals surface area contributed by atoms with Crippen LogP contribution in [0.5, 0.6) is 0 Å². The van der Waals surface area contributed by atoms with E-state index in [0.717, 1.165) is 71.0 Å². The summed E-state index contributed by atoms with van der Waals surface area (Å²) in [6, 6.07) is 0. The molecule has 2 aliphatic heterocycles. The van der Waals surface area contributed by atoms with E-state index in [9.17, 15) is 4.79 Å². The fourth-order valence-corrected chi connectivity index (χ4v) is 6.33. The van der Waals surface area contributed by atoms with Crippen LogP contribution in [0.4, 0.5) is 0 Å². The molecular weight excluding hydrogens is 488 g/mol. The molecule has 1 N–H and O–H groups in total. The van der Waals surface area contributed by atoms with Crippen LogP contribution in [-0.4, -0.2) is 64.0 Å². The summed E-state index contributed by atoms with van der Waals surface area (Å²) < 4.78 is 32.0. The second-order valence-corrected chi connectivity index (χ2v) is 17.4. The molecule has 0 aromatic carbocycles. The molecule has 1 aliphatic carbocycles. The molecule has 2 heterocycles. The molecule has 2 unspecified atom stereocenters. The number of rotatable bonds is 13. The zero-order valence-electron chi connectivity index (χ0n) is 23.9. The minimum atomic E-state index is -1.93. The van der Waals surface area contributed by atoms with E-state index in [-0.39, 0.29) is 48.1 Å². The van der Waals surface area contributed by atoms with E-state index in [1.54, 1.807) is 0 Å². The van der Waals surface area contributed by atoms with Gasteiger partial charge in [0.05, 0.1) is 12.2 Å². The topological polar surface area (TPSA) is 83.5 Å². The average Bonchev–Trinajstić information content (AvgIpc) is 3.15. The van der Waals surface area contributed by atoms with Crippen LogP contribution in [0.3, 0.4) is 0 Å². The molecule has 7 nitrogen and oxygen atoms in total. The highest BCUT2D eigenvalue weighted by atomic mass is 28.4. The van der Waals surface area contributed by atoms with Crippen molar-refractivity contribution in [3.8, 4) is 0 Å². The molecule has 1 saturated carbocycles. The van der Waals surface area contributed by atoms with E-state index in [1.807, 2.05) is 0 Å². The van der Waals surface area contributed by atoms with Gasteiger partial charge in [0.1, 0.15) is 0 Å². The van der Waals surface area contributed by atoms with Crippen LogP contribution in [-0.2, 0) is 28.2 Å². The van der Waals surface area contributed by atoms with Gasteiger partial charge in [-0.3, -0.25) is 4.79 Å². The summed E-state index contributed by atoms with van der Waals surface area (Å²) in [7, 11) is -1.93. The number of aliphatic carboxylic acids is 1. The molecule has 2 saturated heterocycles. The van der Waals surface area contributed by atoms with Crippen molar-refractivity contribution < 1.29 is 33.3 Å². The van der Waals surface area contributed by atoms with E-state index in [1.165, 1.54) is 0 Å². The highest BCUT2D eigenvalue weighted by Crippen LogP contribution is 2.43. The third kappa shape index (κ3) is 9.73. The highest BCUT2D eigenvalue weighted by molar-refractivity contribution is 6.74. The zero-order valence-corrected chi connectivity index (χ0v) is 24.9. The number of carboxylic acids is 1. The summed E-state index contributed by atoms with van der Waals surface area (Å²) in [6.07, 6.45) is 13.8. The van der Waals surface area contributed by atoms with Gasteiger partial charge in [0.2, 0.25) is 0 Å². The fraction of sp³-hybridized carbons (Fsp3) is 0.897. The normalized spacial score (nSPS) is 31.7. The summed E-state index contributed by atoms with van der Waals surface area (Å²) in [4.78, 5) is 10.9. The van der Waals surface area contributed by atoms with Gasteiger partial charge in [-0.2, -0.15) is 0 Å². The second kappa shape index (κ2) is 14.6. The first-order valence-electron chi connectivity index (χ1n) is 14.6. The Bertz CT molecular complexity index is 708. The Hall–Kier alpha value is -0.773. The maximum Gasteiger partial charge on any atom is 0.303 e. The van der Waals surface area contributed by atoms with Crippen molar-refractivity contribution in [2.24, 2.45) is 11.8 Å². The van der Waals surface area contributed by atoms with Crippen LogP contribution in [0.1, 0.15) is 91.4 Å². The number of hydrogen-bond donors (Lipinski definition) is 1. The van der Waals surface area contributed by atoms with Crippen LogP contribution in [0.2, 0.25) is 18.1 Å². The summed E-state index contributed by atoms with van der Waals surface area (Å²) in [6.45, 7) is 13.6. The smallest absolute Gasteiger partial charge is 0.303 e. The minimum absolute atomic E-state index is 0.0202. The predicted molar refractivity (Wildman–Crippen MR) is 147 cm³/mol. The van der Waals surface area contributed by atoms with E-state index in [4.69, 9.17) is 28.5 Å². The van der Waals surface area contributed by atoms with Crippen molar-refractivity contribution in [2.45, 2.75) is 134 Å². The summed E-state index contributed by atoms with van der Waals surface area (Å²) in [5.41, 5.74) is 0. The Morgan fingerprint density at radius 1 is 0.946 bits per heavy atom. The molecule has 0 bridgehead atoms. The van der Waals surface area contributed by atoms with Crippen molar-refractivity contribution in [2.75, 3.05) is 19.8 Å². The van der Waals surface area contributed by atoms with Crippen molar-refractivity contribution in [1.82, 2.24) is 0 Å². The molecule has 3 aliphatic rings. The van der Waals surface area contributed by atoms with E-state index < -0.39 is 14.3 Å². The van der Waals surface area contributed by atoms with Crippen LogP contribution in [0.15, 0.2) is 12.2 Å². The van der Waals surface area contributed by atoms with E-state index in [0.29, 0.717) is 13.0 Å². The van der Waals surface area contributed by atoms with Crippen LogP contribution in [0.25, 0.3) is 0 Å². The van der Waals surface area contributed by atoms with E-state index in [2.05, 4.69) is 46.0 Å². The fourth-order valence-electron chi connectivity index (χ4n) is 5.29. The zero-order chi connectivity index (χ0) is 26.9. The Morgan fingerprint density at radius 2 is 1.54 bits per heavy atom. The standard InChI is InChI=1S/C29H52O7Si/c1-29(2,3)37(4,5)34-21-23-22(14-8-6-7-9-15-26(30)31)24(35-27-16-10-12-18-32-27)20-25(23)36-28-17-11-13-19-33-28/h6,8,22-25,27-28H,7,9-21H2,1-5H3,(H,30,31)/b8-6-/t22-,23-,24+,25-,27?,28?/m1/s1. The number of unbranched alkanes of at least 4 members (excludes halogenated alkanes) is 1. The average molecular weight is 541 g/mol.